The number of non-ortho nitro benzene ring substituents is 1. The summed E-state index contributed by atoms with van der Waals surface area (Å²) in [4.78, 5) is 14.8. The van der Waals surface area contributed by atoms with Crippen molar-refractivity contribution in [3.05, 3.63) is 34.4 Å². The maximum Gasteiger partial charge on any atom is 0.269 e. The van der Waals surface area contributed by atoms with Crippen LogP contribution in [0.1, 0.15) is 26.7 Å². The van der Waals surface area contributed by atoms with E-state index in [0.29, 0.717) is 6.04 Å². The standard InChI is InChI=1S/C13H19N3O2.C2H6/c1-14(2)13-4-3-9-15(10-13)11-5-7-12(8-6-11)16(17)18;1-2/h5-8,13H,3-4,9-10H2,1-2H3;1-2H3. The number of anilines is 1. The van der Waals surface area contributed by atoms with Crippen LogP contribution in [0.5, 0.6) is 0 Å². The van der Waals surface area contributed by atoms with Crippen LogP contribution in [-0.4, -0.2) is 43.0 Å². The Morgan fingerprint density at radius 3 is 2.35 bits per heavy atom. The fraction of sp³-hybridized carbons (Fsp3) is 0.600. The fourth-order valence-electron chi connectivity index (χ4n) is 2.40. The van der Waals surface area contributed by atoms with Gasteiger partial charge in [-0.05, 0) is 39.1 Å². The van der Waals surface area contributed by atoms with E-state index in [-0.39, 0.29) is 10.6 Å². The van der Waals surface area contributed by atoms with Crippen LogP contribution < -0.4 is 4.90 Å². The molecule has 0 amide bonds. The lowest BCUT2D eigenvalue weighted by Gasteiger charge is -2.37. The van der Waals surface area contributed by atoms with E-state index in [0.717, 1.165) is 18.8 Å². The fourth-order valence-corrected chi connectivity index (χ4v) is 2.40. The molecular formula is C15H25N3O2. The predicted octanol–water partition coefficient (Wildman–Crippen LogP) is 3.15. The summed E-state index contributed by atoms with van der Waals surface area (Å²) in [5.41, 5.74) is 1.23. The molecule has 0 saturated carbocycles. The van der Waals surface area contributed by atoms with Crippen LogP contribution in [0.4, 0.5) is 11.4 Å². The first-order valence-corrected chi connectivity index (χ1v) is 7.24. The minimum absolute atomic E-state index is 0.153. The molecule has 0 N–H and O–H groups in total. The lowest BCUT2D eigenvalue weighted by molar-refractivity contribution is -0.384. The van der Waals surface area contributed by atoms with Crippen molar-refractivity contribution < 1.29 is 4.92 Å². The summed E-state index contributed by atoms with van der Waals surface area (Å²) in [6, 6.07) is 7.41. The molecule has 112 valence electrons. The van der Waals surface area contributed by atoms with Gasteiger partial charge in [0.15, 0.2) is 0 Å². The molecule has 1 unspecified atom stereocenters. The molecule has 1 atom stereocenters. The van der Waals surface area contributed by atoms with Gasteiger partial charge in [-0.25, -0.2) is 0 Å². The molecule has 1 aromatic rings. The summed E-state index contributed by atoms with van der Waals surface area (Å²) in [6.07, 6.45) is 2.39. The van der Waals surface area contributed by atoms with Gasteiger partial charge in [0.1, 0.15) is 0 Å². The molecule has 1 fully saturated rings. The van der Waals surface area contributed by atoms with E-state index in [9.17, 15) is 10.1 Å². The second-order valence-corrected chi connectivity index (χ2v) is 4.98. The smallest absolute Gasteiger partial charge is 0.269 e. The minimum Gasteiger partial charge on any atom is -0.370 e. The summed E-state index contributed by atoms with van der Waals surface area (Å²) in [7, 11) is 4.20. The monoisotopic (exact) mass is 279 g/mol. The van der Waals surface area contributed by atoms with Gasteiger partial charge in [-0.15, -0.1) is 0 Å². The van der Waals surface area contributed by atoms with Crippen LogP contribution in [-0.2, 0) is 0 Å². The first-order chi connectivity index (χ1) is 9.58. The molecule has 5 heteroatoms. The van der Waals surface area contributed by atoms with Crippen LogP contribution in [0.15, 0.2) is 24.3 Å². The molecule has 0 spiro atoms. The highest BCUT2D eigenvalue weighted by Crippen LogP contribution is 2.23. The summed E-state index contributed by atoms with van der Waals surface area (Å²) >= 11 is 0. The SMILES string of the molecule is CC.CN(C)C1CCCN(c2ccc([N+](=O)[O-])cc2)C1. The van der Waals surface area contributed by atoms with Gasteiger partial charge in [-0.1, -0.05) is 13.8 Å². The van der Waals surface area contributed by atoms with Gasteiger partial charge in [-0.2, -0.15) is 0 Å². The lowest BCUT2D eigenvalue weighted by atomic mass is 10.0. The molecule has 0 aliphatic carbocycles. The zero-order valence-electron chi connectivity index (χ0n) is 12.9. The second-order valence-electron chi connectivity index (χ2n) is 4.98. The van der Waals surface area contributed by atoms with Crippen LogP contribution in [0, 0.1) is 10.1 Å². The zero-order chi connectivity index (χ0) is 15.1. The Hall–Kier alpha value is -1.62. The highest BCUT2D eigenvalue weighted by atomic mass is 16.6. The number of nitro benzene ring substituents is 1. The molecule has 0 bridgehead atoms. The molecule has 1 heterocycles. The summed E-state index contributed by atoms with van der Waals surface area (Å²) < 4.78 is 0. The lowest BCUT2D eigenvalue weighted by Crippen LogP contribution is -2.45. The maximum atomic E-state index is 10.6. The average Bonchev–Trinajstić information content (AvgIpc) is 2.49. The van der Waals surface area contributed by atoms with E-state index in [2.05, 4.69) is 23.9 Å². The third-order valence-corrected chi connectivity index (χ3v) is 3.55. The van der Waals surface area contributed by atoms with Crippen molar-refractivity contribution in [3.8, 4) is 0 Å². The van der Waals surface area contributed by atoms with Gasteiger partial charge in [0, 0.05) is 37.0 Å². The number of piperidine rings is 1. The zero-order valence-corrected chi connectivity index (χ0v) is 12.9. The van der Waals surface area contributed by atoms with Crippen LogP contribution >= 0.6 is 0 Å². The number of hydrogen-bond acceptors (Lipinski definition) is 4. The van der Waals surface area contributed by atoms with E-state index in [1.807, 2.05) is 26.0 Å². The van der Waals surface area contributed by atoms with Crippen molar-refractivity contribution in [1.82, 2.24) is 4.90 Å². The predicted molar refractivity (Wildman–Crippen MR) is 83.4 cm³/mol. The largest absolute Gasteiger partial charge is 0.370 e. The van der Waals surface area contributed by atoms with Crippen LogP contribution in [0.3, 0.4) is 0 Å². The molecule has 5 nitrogen and oxygen atoms in total. The van der Waals surface area contributed by atoms with E-state index in [1.165, 1.54) is 12.8 Å². The van der Waals surface area contributed by atoms with Crippen LogP contribution in [0.2, 0.25) is 0 Å². The van der Waals surface area contributed by atoms with Crippen molar-refractivity contribution in [2.75, 3.05) is 32.1 Å². The Kier molecular flexibility index (Phi) is 6.45. The van der Waals surface area contributed by atoms with Gasteiger partial charge in [-0.3, -0.25) is 10.1 Å². The Morgan fingerprint density at radius 1 is 1.25 bits per heavy atom. The number of nitrogens with zero attached hydrogens (tertiary/aromatic N) is 3. The first kappa shape index (κ1) is 16.4. The van der Waals surface area contributed by atoms with Crippen molar-refractivity contribution in [2.45, 2.75) is 32.7 Å². The molecule has 2 rings (SSSR count). The summed E-state index contributed by atoms with van der Waals surface area (Å²) in [5, 5.41) is 10.6. The summed E-state index contributed by atoms with van der Waals surface area (Å²) in [6.45, 7) is 6.02. The highest BCUT2D eigenvalue weighted by molar-refractivity contribution is 5.51. The Labute approximate surface area is 121 Å². The maximum absolute atomic E-state index is 10.6. The molecule has 0 radical (unpaired) electrons. The van der Waals surface area contributed by atoms with E-state index in [4.69, 9.17) is 0 Å². The van der Waals surface area contributed by atoms with Crippen molar-refractivity contribution >= 4 is 11.4 Å². The van der Waals surface area contributed by atoms with Gasteiger partial charge >= 0.3 is 0 Å². The summed E-state index contributed by atoms with van der Waals surface area (Å²) in [5.74, 6) is 0. The number of nitro groups is 1. The second kappa shape index (κ2) is 7.85. The normalized spacial score (nSPS) is 18.4. The number of benzene rings is 1. The Balaban J connectivity index is 0.000000956. The van der Waals surface area contributed by atoms with Gasteiger partial charge in [0.25, 0.3) is 5.69 Å². The number of hydrogen-bond donors (Lipinski definition) is 0. The van der Waals surface area contributed by atoms with Crippen LogP contribution in [0.25, 0.3) is 0 Å². The highest BCUT2D eigenvalue weighted by Gasteiger charge is 2.21. The van der Waals surface area contributed by atoms with Gasteiger partial charge in [0.2, 0.25) is 0 Å². The molecular weight excluding hydrogens is 254 g/mol. The Morgan fingerprint density at radius 2 is 1.85 bits per heavy atom. The molecule has 0 aromatic heterocycles. The third-order valence-electron chi connectivity index (χ3n) is 3.55. The van der Waals surface area contributed by atoms with E-state index in [1.54, 1.807) is 12.1 Å². The number of rotatable bonds is 3. The molecule has 1 aliphatic rings. The van der Waals surface area contributed by atoms with Crippen molar-refractivity contribution in [2.24, 2.45) is 0 Å². The topological polar surface area (TPSA) is 49.6 Å². The number of likely N-dealkylation sites (N-methyl/N-ethyl adjacent to an activating group) is 1. The first-order valence-electron chi connectivity index (χ1n) is 7.24. The van der Waals surface area contributed by atoms with Gasteiger partial charge in [0.05, 0.1) is 4.92 Å². The molecule has 20 heavy (non-hydrogen) atoms. The quantitative estimate of drug-likeness (QED) is 0.630. The van der Waals surface area contributed by atoms with Gasteiger partial charge < -0.3 is 9.80 Å². The third kappa shape index (κ3) is 4.20. The minimum atomic E-state index is -0.359. The van der Waals surface area contributed by atoms with Crippen molar-refractivity contribution in [1.29, 1.82) is 0 Å². The van der Waals surface area contributed by atoms with Crippen molar-refractivity contribution in [3.63, 3.8) is 0 Å². The Bertz CT molecular complexity index is 418. The average molecular weight is 279 g/mol. The molecule has 1 aliphatic heterocycles. The van der Waals surface area contributed by atoms with E-state index < -0.39 is 0 Å². The molecule has 1 aromatic carbocycles. The molecule has 1 saturated heterocycles. The van der Waals surface area contributed by atoms with E-state index >= 15 is 0 Å².